The molecule has 0 atom stereocenters. The van der Waals surface area contributed by atoms with Gasteiger partial charge < -0.3 is 9.47 Å². The SMILES string of the molecule is COc1ncc(OC2CN(C(C)C)C2)cn1. The van der Waals surface area contributed by atoms with Crippen molar-refractivity contribution in [2.75, 3.05) is 20.2 Å². The molecule has 0 spiro atoms. The first-order chi connectivity index (χ1) is 7.69. The number of hydrogen-bond donors (Lipinski definition) is 0. The molecular formula is C11H17N3O2. The maximum Gasteiger partial charge on any atom is 0.316 e. The molecule has 1 aliphatic rings. The molecule has 1 aromatic rings. The zero-order valence-corrected chi connectivity index (χ0v) is 9.88. The summed E-state index contributed by atoms with van der Waals surface area (Å²) in [5.74, 6) is 0.703. The van der Waals surface area contributed by atoms with Gasteiger partial charge in [0, 0.05) is 19.1 Å². The quantitative estimate of drug-likeness (QED) is 0.760. The molecule has 0 N–H and O–H groups in total. The van der Waals surface area contributed by atoms with Gasteiger partial charge in [0.15, 0.2) is 5.75 Å². The summed E-state index contributed by atoms with van der Waals surface area (Å²) in [5, 5.41) is 0. The molecule has 16 heavy (non-hydrogen) atoms. The van der Waals surface area contributed by atoms with Crippen LogP contribution in [0.3, 0.4) is 0 Å². The Kier molecular flexibility index (Phi) is 3.24. The van der Waals surface area contributed by atoms with Crippen molar-refractivity contribution in [3.05, 3.63) is 12.4 Å². The van der Waals surface area contributed by atoms with E-state index in [1.807, 2.05) is 0 Å². The highest BCUT2D eigenvalue weighted by Crippen LogP contribution is 2.18. The largest absolute Gasteiger partial charge is 0.485 e. The fourth-order valence-corrected chi connectivity index (χ4v) is 1.63. The molecule has 0 saturated carbocycles. The Hall–Kier alpha value is -1.36. The van der Waals surface area contributed by atoms with Gasteiger partial charge in [-0.05, 0) is 13.8 Å². The topological polar surface area (TPSA) is 47.5 Å². The maximum atomic E-state index is 5.71. The van der Waals surface area contributed by atoms with E-state index in [1.54, 1.807) is 19.5 Å². The highest BCUT2D eigenvalue weighted by Gasteiger charge is 2.30. The van der Waals surface area contributed by atoms with Gasteiger partial charge in [-0.3, -0.25) is 4.90 Å². The molecule has 1 aromatic heterocycles. The maximum absolute atomic E-state index is 5.71. The van der Waals surface area contributed by atoms with Crippen LogP contribution in [0.15, 0.2) is 12.4 Å². The van der Waals surface area contributed by atoms with Crippen molar-refractivity contribution >= 4 is 0 Å². The van der Waals surface area contributed by atoms with Crippen LogP contribution in [0.1, 0.15) is 13.8 Å². The molecule has 0 aromatic carbocycles. The summed E-state index contributed by atoms with van der Waals surface area (Å²) >= 11 is 0. The monoisotopic (exact) mass is 223 g/mol. The summed E-state index contributed by atoms with van der Waals surface area (Å²) in [6.45, 7) is 6.33. The predicted molar refractivity (Wildman–Crippen MR) is 59.7 cm³/mol. The Balaban J connectivity index is 1.82. The molecule has 2 rings (SSSR count). The standard InChI is InChI=1S/C11H17N3O2/c1-8(2)14-6-10(7-14)16-9-4-12-11(15-3)13-5-9/h4-5,8,10H,6-7H2,1-3H3. The molecule has 5 heteroatoms. The number of nitrogens with zero attached hydrogens (tertiary/aromatic N) is 3. The highest BCUT2D eigenvalue weighted by atomic mass is 16.5. The lowest BCUT2D eigenvalue weighted by Gasteiger charge is -2.41. The third-order valence-electron chi connectivity index (χ3n) is 2.70. The third kappa shape index (κ3) is 2.41. The number of aromatic nitrogens is 2. The molecule has 1 fully saturated rings. The van der Waals surface area contributed by atoms with Crippen LogP contribution < -0.4 is 9.47 Å². The van der Waals surface area contributed by atoms with Gasteiger partial charge in [0.1, 0.15) is 6.10 Å². The summed E-state index contributed by atoms with van der Waals surface area (Å²) in [5.41, 5.74) is 0. The summed E-state index contributed by atoms with van der Waals surface area (Å²) in [6, 6.07) is 0.955. The molecule has 0 aliphatic carbocycles. The van der Waals surface area contributed by atoms with Gasteiger partial charge >= 0.3 is 6.01 Å². The molecule has 1 saturated heterocycles. The van der Waals surface area contributed by atoms with E-state index >= 15 is 0 Å². The van der Waals surface area contributed by atoms with Crippen molar-refractivity contribution in [3.63, 3.8) is 0 Å². The van der Waals surface area contributed by atoms with E-state index < -0.39 is 0 Å². The van der Waals surface area contributed by atoms with Crippen LogP contribution in [0.4, 0.5) is 0 Å². The molecule has 5 nitrogen and oxygen atoms in total. The lowest BCUT2D eigenvalue weighted by Crippen LogP contribution is -2.56. The van der Waals surface area contributed by atoms with E-state index in [2.05, 4.69) is 28.7 Å². The average Bonchev–Trinajstić information content (AvgIpc) is 2.23. The lowest BCUT2D eigenvalue weighted by molar-refractivity contribution is -0.000308. The van der Waals surface area contributed by atoms with E-state index in [-0.39, 0.29) is 6.10 Å². The van der Waals surface area contributed by atoms with Crippen LogP contribution in [0.5, 0.6) is 11.8 Å². The Bertz CT molecular complexity index is 334. The van der Waals surface area contributed by atoms with Crippen molar-refractivity contribution in [3.8, 4) is 11.8 Å². The first-order valence-electron chi connectivity index (χ1n) is 5.46. The summed E-state index contributed by atoms with van der Waals surface area (Å²) in [4.78, 5) is 10.3. The first kappa shape index (κ1) is 11.1. The average molecular weight is 223 g/mol. The van der Waals surface area contributed by atoms with Gasteiger partial charge in [0.05, 0.1) is 19.5 Å². The van der Waals surface area contributed by atoms with Gasteiger partial charge in [-0.25, -0.2) is 0 Å². The number of hydrogen-bond acceptors (Lipinski definition) is 5. The molecule has 2 heterocycles. The minimum Gasteiger partial charge on any atom is -0.485 e. The highest BCUT2D eigenvalue weighted by molar-refractivity contribution is 5.15. The summed E-state index contributed by atoms with van der Waals surface area (Å²) < 4.78 is 10.6. The van der Waals surface area contributed by atoms with Gasteiger partial charge in [0.25, 0.3) is 0 Å². The van der Waals surface area contributed by atoms with Gasteiger partial charge in [-0.1, -0.05) is 0 Å². The molecule has 88 valence electrons. The van der Waals surface area contributed by atoms with E-state index in [1.165, 1.54) is 0 Å². The van der Waals surface area contributed by atoms with Crippen molar-refractivity contribution in [2.45, 2.75) is 26.0 Å². The summed E-state index contributed by atoms with van der Waals surface area (Å²) in [7, 11) is 1.54. The Morgan fingerprint density at radius 2 is 1.94 bits per heavy atom. The van der Waals surface area contributed by atoms with E-state index in [4.69, 9.17) is 9.47 Å². The molecular weight excluding hydrogens is 206 g/mol. The second-order valence-corrected chi connectivity index (χ2v) is 4.19. The Labute approximate surface area is 95.4 Å². The number of rotatable bonds is 4. The van der Waals surface area contributed by atoms with Crippen molar-refractivity contribution in [1.29, 1.82) is 0 Å². The van der Waals surface area contributed by atoms with Crippen molar-refractivity contribution < 1.29 is 9.47 Å². The van der Waals surface area contributed by atoms with Crippen LogP contribution in [-0.4, -0.2) is 47.2 Å². The van der Waals surface area contributed by atoms with Crippen molar-refractivity contribution in [2.24, 2.45) is 0 Å². The molecule has 0 amide bonds. The van der Waals surface area contributed by atoms with Gasteiger partial charge in [0.2, 0.25) is 0 Å². The summed E-state index contributed by atoms with van der Waals surface area (Å²) in [6.07, 6.45) is 3.55. The molecule has 0 unspecified atom stereocenters. The van der Waals surface area contributed by atoms with Gasteiger partial charge in [-0.2, -0.15) is 9.97 Å². The minimum absolute atomic E-state index is 0.263. The molecule has 1 aliphatic heterocycles. The molecule has 0 bridgehead atoms. The fraction of sp³-hybridized carbons (Fsp3) is 0.636. The second kappa shape index (κ2) is 4.65. The predicted octanol–water partition coefficient (Wildman–Crippen LogP) is 0.957. The van der Waals surface area contributed by atoms with Crippen molar-refractivity contribution in [1.82, 2.24) is 14.9 Å². The number of likely N-dealkylation sites (tertiary alicyclic amines) is 1. The smallest absolute Gasteiger partial charge is 0.316 e. The molecule has 0 radical (unpaired) electrons. The van der Waals surface area contributed by atoms with E-state index in [0.717, 1.165) is 13.1 Å². The minimum atomic E-state index is 0.263. The van der Waals surface area contributed by atoms with Crippen LogP contribution in [-0.2, 0) is 0 Å². The van der Waals surface area contributed by atoms with E-state index in [0.29, 0.717) is 17.8 Å². The van der Waals surface area contributed by atoms with Gasteiger partial charge in [-0.15, -0.1) is 0 Å². The lowest BCUT2D eigenvalue weighted by atomic mass is 10.1. The fourth-order valence-electron chi connectivity index (χ4n) is 1.63. The number of methoxy groups -OCH3 is 1. The number of ether oxygens (including phenoxy) is 2. The van der Waals surface area contributed by atoms with Crippen LogP contribution in [0, 0.1) is 0 Å². The zero-order valence-electron chi connectivity index (χ0n) is 9.88. The zero-order chi connectivity index (χ0) is 11.5. The Morgan fingerprint density at radius 1 is 1.31 bits per heavy atom. The Morgan fingerprint density at radius 3 is 2.44 bits per heavy atom. The van der Waals surface area contributed by atoms with E-state index in [9.17, 15) is 0 Å². The normalized spacial score (nSPS) is 17.2. The van der Waals surface area contributed by atoms with Crippen LogP contribution in [0.25, 0.3) is 0 Å². The third-order valence-corrected chi connectivity index (χ3v) is 2.70. The first-order valence-corrected chi connectivity index (χ1v) is 5.46. The second-order valence-electron chi connectivity index (χ2n) is 4.19. The van der Waals surface area contributed by atoms with Crippen LogP contribution in [0.2, 0.25) is 0 Å². The van der Waals surface area contributed by atoms with Crippen LogP contribution >= 0.6 is 0 Å².